The number of ether oxygens (including phenoxy) is 4. The number of hydrogen-bond donors (Lipinski definition) is 1. The molecule has 0 aromatic heterocycles. The zero-order chi connectivity index (χ0) is 14.0. The quantitative estimate of drug-likeness (QED) is 0.726. The van der Waals surface area contributed by atoms with Gasteiger partial charge in [-0.1, -0.05) is 0 Å². The lowest BCUT2D eigenvalue weighted by Gasteiger charge is -2.33. The minimum atomic E-state index is -1.47. The summed E-state index contributed by atoms with van der Waals surface area (Å²) in [5, 5.41) is 10.3. The second kappa shape index (κ2) is 5.52. The molecule has 0 aromatic rings. The maximum atomic E-state index is 11.9. The second-order valence-corrected chi connectivity index (χ2v) is 4.84. The molecule has 106 valence electrons. The zero-order valence-electron chi connectivity index (χ0n) is 11.6. The van der Waals surface area contributed by atoms with Crippen LogP contribution in [-0.2, 0) is 23.7 Å². The van der Waals surface area contributed by atoms with Crippen LogP contribution in [0.25, 0.3) is 0 Å². The lowest BCUT2D eigenvalue weighted by molar-refractivity contribution is -0.201. The van der Waals surface area contributed by atoms with Gasteiger partial charge in [0.1, 0.15) is 12.2 Å². The summed E-state index contributed by atoms with van der Waals surface area (Å²) in [6.45, 7) is 7.08. The highest BCUT2D eigenvalue weighted by molar-refractivity contribution is 5.80. The van der Waals surface area contributed by atoms with Crippen LogP contribution in [-0.4, -0.2) is 55.0 Å². The molecule has 6 heteroatoms. The molecule has 0 amide bonds. The number of aliphatic hydroxyl groups excluding tert-OH is 1. The second-order valence-electron chi connectivity index (χ2n) is 4.84. The van der Waals surface area contributed by atoms with E-state index in [1.807, 2.05) is 0 Å². The number of carbonyl (C=O) groups excluding carboxylic acids is 1. The molecule has 6 nitrogen and oxygen atoms in total. The molecule has 0 unspecified atom stereocenters. The van der Waals surface area contributed by atoms with Gasteiger partial charge in [-0.05, 0) is 27.7 Å². The first-order chi connectivity index (χ1) is 8.27. The van der Waals surface area contributed by atoms with E-state index in [0.29, 0.717) is 0 Å². The fourth-order valence-electron chi connectivity index (χ4n) is 1.82. The summed E-state index contributed by atoms with van der Waals surface area (Å²) in [6.07, 6.45) is -1.79. The van der Waals surface area contributed by atoms with Crippen LogP contribution in [0.4, 0.5) is 0 Å². The van der Waals surface area contributed by atoms with Crippen molar-refractivity contribution in [1.29, 1.82) is 0 Å². The van der Waals surface area contributed by atoms with Crippen molar-refractivity contribution in [3.05, 3.63) is 0 Å². The number of esters is 1. The Morgan fingerprint density at radius 3 is 2.61 bits per heavy atom. The highest BCUT2D eigenvalue weighted by atomic mass is 16.7. The van der Waals surface area contributed by atoms with E-state index < -0.39 is 29.6 Å². The standard InChI is InChI=1S/C12H22O6/c1-6-16-10(14)12(4,15-5)9(13)8-7-17-11(2,3)18-8/h8-9,13H,6-7H2,1-5H3/t8-,9-,12+/m1/s1. The molecule has 1 heterocycles. The Morgan fingerprint density at radius 2 is 2.22 bits per heavy atom. The van der Waals surface area contributed by atoms with Gasteiger partial charge < -0.3 is 24.1 Å². The van der Waals surface area contributed by atoms with Gasteiger partial charge in [-0.15, -0.1) is 0 Å². The zero-order valence-corrected chi connectivity index (χ0v) is 11.6. The van der Waals surface area contributed by atoms with Gasteiger partial charge in [-0.3, -0.25) is 0 Å². The summed E-state index contributed by atoms with van der Waals surface area (Å²) in [4.78, 5) is 11.9. The number of hydrogen-bond acceptors (Lipinski definition) is 6. The Labute approximate surface area is 107 Å². The van der Waals surface area contributed by atoms with Crippen LogP contribution in [0.15, 0.2) is 0 Å². The fourth-order valence-corrected chi connectivity index (χ4v) is 1.82. The lowest BCUT2D eigenvalue weighted by Crippen LogP contribution is -2.55. The molecule has 0 aliphatic carbocycles. The van der Waals surface area contributed by atoms with E-state index in [2.05, 4.69) is 0 Å². The summed E-state index contributed by atoms with van der Waals surface area (Å²) in [5.74, 6) is -1.39. The van der Waals surface area contributed by atoms with E-state index in [-0.39, 0.29) is 13.2 Å². The highest BCUT2D eigenvalue weighted by Crippen LogP contribution is 2.30. The fraction of sp³-hybridized carbons (Fsp3) is 0.917. The average Bonchev–Trinajstić information content (AvgIpc) is 2.67. The number of aliphatic hydroxyl groups is 1. The van der Waals surface area contributed by atoms with Crippen molar-refractivity contribution in [3.8, 4) is 0 Å². The molecule has 0 spiro atoms. The predicted octanol–water partition coefficient (Wildman–Crippen LogP) is 0.467. The van der Waals surface area contributed by atoms with Gasteiger partial charge in [0.05, 0.1) is 13.2 Å². The first-order valence-electron chi connectivity index (χ1n) is 5.99. The van der Waals surface area contributed by atoms with Crippen molar-refractivity contribution in [2.45, 2.75) is 51.3 Å². The average molecular weight is 262 g/mol. The number of methoxy groups -OCH3 is 1. The topological polar surface area (TPSA) is 74.2 Å². The summed E-state index contributed by atoms with van der Waals surface area (Å²) >= 11 is 0. The molecular formula is C12H22O6. The van der Waals surface area contributed by atoms with Gasteiger partial charge in [-0.25, -0.2) is 4.79 Å². The largest absolute Gasteiger partial charge is 0.464 e. The van der Waals surface area contributed by atoms with Crippen molar-refractivity contribution in [1.82, 2.24) is 0 Å². The van der Waals surface area contributed by atoms with Gasteiger partial charge in [0.15, 0.2) is 11.4 Å². The van der Waals surface area contributed by atoms with Crippen molar-refractivity contribution >= 4 is 5.97 Å². The Kier molecular flexibility index (Phi) is 4.72. The monoisotopic (exact) mass is 262 g/mol. The third kappa shape index (κ3) is 3.00. The smallest absolute Gasteiger partial charge is 0.340 e. The third-order valence-electron chi connectivity index (χ3n) is 3.05. The van der Waals surface area contributed by atoms with Crippen molar-refractivity contribution in [2.75, 3.05) is 20.3 Å². The molecule has 18 heavy (non-hydrogen) atoms. The van der Waals surface area contributed by atoms with Crippen molar-refractivity contribution < 1.29 is 28.8 Å². The van der Waals surface area contributed by atoms with Gasteiger partial charge >= 0.3 is 5.97 Å². The molecule has 1 N–H and O–H groups in total. The molecule has 0 radical (unpaired) electrons. The van der Waals surface area contributed by atoms with Crippen molar-refractivity contribution in [3.63, 3.8) is 0 Å². The van der Waals surface area contributed by atoms with Gasteiger partial charge in [0.25, 0.3) is 0 Å². The number of carbonyl (C=O) groups is 1. The van der Waals surface area contributed by atoms with E-state index in [9.17, 15) is 9.90 Å². The lowest BCUT2D eigenvalue weighted by atomic mass is 9.94. The summed E-state index contributed by atoms with van der Waals surface area (Å²) < 4.78 is 20.9. The summed E-state index contributed by atoms with van der Waals surface area (Å²) in [5.41, 5.74) is -1.47. The Bertz CT molecular complexity index is 303. The van der Waals surface area contributed by atoms with E-state index >= 15 is 0 Å². The molecule has 0 saturated carbocycles. The molecule has 1 rings (SSSR count). The van der Waals surface area contributed by atoms with E-state index in [4.69, 9.17) is 18.9 Å². The van der Waals surface area contributed by atoms with Crippen LogP contribution in [0, 0.1) is 0 Å². The molecule has 3 atom stereocenters. The Morgan fingerprint density at radius 1 is 1.61 bits per heavy atom. The van der Waals surface area contributed by atoms with Crippen LogP contribution >= 0.6 is 0 Å². The first kappa shape index (κ1) is 15.4. The molecule has 0 aromatic carbocycles. The van der Waals surface area contributed by atoms with Gasteiger partial charge in [0.2, 0.25) is 0 Å². The third-order valence-corrected chi connectivity index (χ3v) is 3.05. The van der Waals surface area contributed by atoms with E-state index in [0.717, 1.165) is 0 Å². The first-order valence-corrected chi connectivity index (χ1v) is 5.99. The highest BCUT2D eigenvalue weighted by Gasteiger charge is 2.50. The normalized spacial score (nSPS) is 27.6. The van der Waals surface area contributed by atoms with E-state index in [1.165, 1.54) is 14.0 Å². The summed E-state index contributed by atoms with van der Waals surface area (Å²) in [7, 11) is 1.35. The Hall–Kier alpha value is -0.690. The Balaban J connectivity index is 2.79. The molecule has 1 saturated heterocycles. The predicted molar refractivity (Wildman–Crippen MR) is 63.0 cm³/mol. The van der Waals surface area contributed by atoms with Gasteiger partial charge in [-0.2, -0.15) is 0 Å². The SMILES string of the molecule is CCOC(=O)[C@@](C)(OC)[C@H](O)[C@H]1COC(C)(C)O1. The minimum absolute atomic E-state index is 0.201. The van der Waals surface area contributed by atoms with Crippen LogP contribution < -0.4 is 0 Å². The summed E-state index contributed by atoms with van der Waals surface area (Å²) in [6, 6.07) is 0. The minimum Gasteiger partial charge on any atom is -0.464 e. The molecule has 0 bridgehead atoms. The van der Waals surface area contributed by atoms with Gasteiger partial charge in [0, 0.05) is 7.11 Å². The molecule has 1 aliphatic rings. The van der Waals surface area contributed by atoms with E-state index in [1.54, 1.807) is 20.8 Å². The maximum absolute atomic E-state index is 11.9. The van der Waals surface area contributed by atoms with Crippen LogP contribution in [0.2, 0.25) is 0 Å². The maximum Gasteiger partial charge on any atom is 0.340 e. The van der Waals surface area contributed by atoms with Crippen LogP contribution in [0.3, 0.4) is 0 Å². The molecular weight excluding hydrogens is 240 g/mol. The van der Waals surface area contributed by atoms with Crippen LogP contribution in [0.1, 0.15) is 27.7 Å². The van der Waals surface area contributed by atoms with Crippen molar-refractivity contribution in [2.24, 2.45) is 0 Å². The molecule has 1 fully saturated rings. The molecule has 1 aliphatic heterocycles. The number of rotatable bonds is 5. The van der Waals surface area contributed by atoms with Crippen LogP contribution in [0.5, 0.6) is 0 Å².